The van der Waals surface area contributed by atoms with Gasteiger partial charge >= 0.3 is 0 Å². The minimum Gasteiger partial charge on any atom is -0.383 e. The van der Waals surface area contributed by atoms with Crippen molar-refractivity contribution < 1.29 is 9.53 Å². The number of nitrogens with zero attached hydrogens (tertiary/aromatic N) is 1. The molecule has 0 saturated carbocycles. The lowest BCUT2D eigenvalue weighted by molar-refractivity contribution is 0.0609. The summed E-state index contributed by atoms with van der Waals surface area (Å²) in [5.74, 6) is 0.0426. The quantitative estimate of drug-likeness (QED) is 0.919. The van der Waals surface area contributed by atoms with Gasteiger partial charge in [0.15, 0.2) is 0 Å². The lowest BCUT2D eigenvalue weighted by atomic mass is 10.0. The number of aryl methyl sites for hydroxylation is 1. The van der Waals surface area contributed by atoms with Gasteiger partial charge in [0.05, 0.1) is 12.2 Å². The van der Waals surface area contributed by atoms with E-state index in [1.807, 2.05) is 29.2 Å². The van der Waals surface area contributed by atoms with Crippen molar-refractivity contribution in [1.29, 1.82) is 0 Å². The molecule has 3 rings (SSSR count). The summed E-state index contributed by atoms with van der Waals surface area (Å²) in [4.78, 5) is 14.7. The number of fused-ring (bicyclic) bond motifs is 1. The standard InChI is InChI=1S/C19H22N2O2/c1-3-14-8-10-15(11-9-14)18-20-17-7-5-4-6-16(17)19(22)21(18)12-13-23-2/h4-11,18,20H,3,12-13H2,1-2H3/t18-/m0/s1. The number of methoxy groups -OCH3 is 1. The third-order valence-electron chi connectivity index (χ3n) is 4.26. The van der Waals surface area contributed by atoms with Crippen LogP contribution in [0.4, 0.5) is 5.69 Å². The number of carbonyl (C=O) groups is 1. The number of hydrogen-bond donors (Lipinski definition) is 1. The molecule has 0 radical (unpaired) electrons. The van der Waals surface area contributed by atoms with Crippen molar-refractivity contribution in [3.63, 3.8) is 0 Å². The van der Waals surface area contributed by atoms with E-state index in [4.69, 9.17) is 4.74 Å². The van der Waals surface area contributed by atoms with Gasteiger partial charge in [-0.05, 0) is 29.7 Å². The first-order valence-corrected chi connectivity index (χ1v) is 7.99. The highest BCUT2D eigenvalue weighted by atomic mass is 16.5. The first-order chi connectivity index (χ1) is 11.2. The van der Waals surface area contributed by atoms with Gasteiger partial charge < -0.3 is 15.0 Å². The zero-order valence-electron chi connectivity index (χ0n) is 13.6. The van der Waals surface area contributed by atoms with E-state index < -0.39 is 0 Å². The second-order valence-electron chi connectivity index (χ2n) is 5.68. The Balaban J connectivity index is 1.96. The Labute approximate surface area is 137 Å². The molecule has 1 N–H and O–H groups in total. The van der Waals surface area contributed by atoms with E-state index in [-0.39, 0.29) is 12.1 Å². The van der Waals surface area contributed by atoms with Crippen LogP contribution in [-0.4, -0.2) is 31.1 Å². The molecule has 0 fully saturated rings. The number of carbonyl (C=O) groups excluding carboxylic acids is 1. The molecule has 120 valence electrons. The van der Waals surface area contributed by atoms with Gasteiger partial charge in [-0.3, -0.25) is 4.79 Å². The Morgan fingerprint density at radius 2 is 1.87 bits per heavy atom. The average molecular weight is 310 g/mol. The molecular formula is C19H22N2O2. The Bertz CT molecular complexity index is 682. The molecule has 1 aliphatic rings. The van der Waals surface area contributed by atoms with Crippen LogP contribution in [0.2, 0.25) is 0 Å². The van der Waals surface area contributed by atoms with Crippen LogP contribution in [0.3, 0.4) is 0 Å². The van der Waals surface area contributed by atoms with Gasteiger partial charge in [-0.1, -0.05) is 43.3 Å². The van der Waals surface area contributed by atoms with Crippen LogP contribution >= 0.6 is 0 Å². The van der Waals surface area contributed by atoms with Gasteiger partial charge in [0.2, 0.25) is 0 Å². The maximum Gasteiger partial charge on any atom is 0.257 e. The van der Waals surface area contributed by atoms with E-state index >= 15 is 0 Å². The first kappa shape index (κ1) is 15.6. The monoisotopic (exact) mass is 310 g/mol. The molecule has 0 aliphatic carbocycles. The van der Waals surface area contributed by atoms with Crippen molar-refractivity contribution >= 4 is 11.6 Å². The minimum atomic E-state index is -0.168. The molecule has 23 heavy (non-hydrogen) atoms. The van der Waals surface area contributed by atoms with Crippen LogP contribution in [0.25, 0.3) is 0 Å². The number of rotatable bonds is 5. The largest absolute Gasteiger partial charge is 0.383 e. The summed E-state index contributed by atoms with van der Waals surface area (Å²) in [5, 5.41) is 3.49. The van der Waals surface area contributed by atoms with Crippen LogP contribution in [0, 0.1) is 0 Å². The summed E-state index contributed by atoms with van der Waals surface area (Å²) in [7, 11) is 1.65. The van der Waals surface area contributed by atoms with E-state index in [1.165, 1.54) is 5.56 Å². The fourth-order valence-corrected chi connectivity index (χ4v) is 2.91. The van der Waals surface area contributed by atoms with Gasteiger partial charge in [0.25, 0.3) is 5.91 Å². The number of benzene rings is 2. The molecule has 1 aliphatic heterocycles. The molecule has 1 amide bonds. The predicted molar refractivity (Wildman–Crippen MR) is 91.5 cm³/mol. The Hall–Kier alpha value is -2.33. The number of ether oxygens (including phenoxy) is 1. The lowest BCUT2D eigenvalue weighted by Gasteiger charge is -2.38. The normalized spacial score (nSPS) is 16.9. The number of amides is 1. The van der Waals surface area contributed by atoms with Gasteiger partial charge in [-0.2, -0.15) is 0 Å². The molecule has 4 nitrogen and oxygen atoms in total. The van der Waals surface area contributed by atoms with Gasteiger partial charge in [-0.25, -0.2) is 0 Å². The van der Waals surface area contributed by atoms with Gasteiger partial charge in [0.1, 0.15) is 6.17 Å². The third kappa shape index (κ3) is 3.08. The highest BCUT2D eigenvalue weighted by Crippen LogP contribution is 2.32. The molecule has 1 heterocycles. The first-order valence-electron chi connectivity index (χ1n) is 7.99. The molecule has 0 bridgehead atoms. The maximum atomic E-state index is 12.9. The topological polar surface area (TPSA) is 41.6 Å². The van der Waals surface area contributed by atoms with E-state index in [1.54, 1.807) is 7.11 Å². The maximum absolute atomic E-state index is 12.9. The van der Waals surface area contributed by atoms with E-state index in [0.29, 0.717) is 18.7 Å². The zero-order valence-corrected chi connectivity index (χ0v) is 13.6. The molecule has 2 aromatic carbocycles. The van der Waals surface area contributed by atoms with Gasteiger partial charge in [-0.15, -0.1) is 0 Å². The fraction of sp³-hybridized carbons (Fsp3) is 0.316. The van der Waals surface area contributed by atoms with Crippen molar-refractivity contribution in [3.05, 3.63) is 65.2 Å². The molecule has 1 atom stereocenters. The van der Waals surface area contributed by atoms with Gasteiger partial charge in [0, 0.05) is 19.3 Å². The van der Waals surface area contributed by atoms with Crippen LogP contribution in [0.1, 0.15) is 34.6 Å². The minimum absolute atomic E-state index is 0.0426. The number of anilines is 1. The number of nitrogens with one attached hydrogen (secondary N) is 1. The summed E-state index contributed by atoms with van der Waals surface area (Å²) in [6.07, 6.45) is 0.839. The molecule has 2 aromatic rings. The van der Waals surface area contributed by atoms with Crippen molar-refractivity contribution in [2.24, 2.45) is 0 Å². The average Bonchev–Trinajstić information content (AvgIpc) is 2.61. The summed E-state index contributed by atoms with van der Waals surface area (Å²) < 4.78 is 5.18. The fourth-order valence-electron chi connectivity index (χ4n) is 2.91. The molecular weight excluding hydrogens is 288 g/mol. The van der Waals surface area contributed by atoms with Crippen LogP contribution in [-0.2, 0) is 11.2 Å². The van der Waals surface area contributed by atoms with Crippen molar-refractivity contribution in [2.45, 2.75) is 19.5 Å². The number of para-hydroxylation sites is 1. The van der Waals surface area contributed by atoms with Crippen LogP contribution in [0.15, 0.2) is 48.5 Å². The Morgan fingerprint density at radius 3 is 2.57 bits per heavy atom. The van der Waals surface area contributed by atoms with Crippen LogP contribution < -0.4 is 5.32 Å². The summed E-state index contributed by atoms with van der Waals surface area (Å²) in [6, 6.07) is 16.1. The van der Waals surface area contributed by atoms with E-state index in [2.05, 4.69) is 36.5 Å². The summed E-state index contributed by atoms with van der Waals surface area (Å²) in [5.41, 5.74) is 3.97. The molecule has 4 heteroatoms. The van der Waals surface area contributed by atoms with E-state index in [9.17, 15) is 4.79 Å². The zero-order chi connectivity index (χ0) is 16.2. The van der Waals surface area contributed by atoms with Crippen molar-refractivity contribution in [1.82, 2.24) is 4.90 Å². The molecule has 0 saturated heterocycles. The highest BCUT2D eigenvalue weighted by molar-refractivity contribution is 6.01. The summed E-state index contributed by atoms with van der Waals surface area (Å²) >= 11 is 0. The second kappa shape index (κ2) is 6.84. The molecule has 0 unspecified atom stereocenters. The number of hydrogen-bond acceptors (Lipinski definition) is 3. The predicted octanol–water partition coefficient (Wildman–Crippen LogP) is 3.46. The molecule has 0 spiro atoms. The van der Waals surface area contributed by atoms with Crippen LogP contribution in [0.5, 0.6) is 0 Å². The smallest absolute Gasteiger partial charge is 0.257 e. The summed E-state index contributed by atoms with van der Waals surface area (Å²) in [6.45, 7) is 3.20. The highest BCUT2D eigenvalue weighted by Gasteiger charge is 2.32. The molecule has 0 aromatic heterocycles. The Morgan fingerprint density at radius 1 is 1.13 bits per heavy atom. The second-order valence-corrected chi connectivity index (χ2v) is 5.68. The third-order valence-corrected chi connectivity index (χ3v) is 4.26. The van der Waals surface area contributed by atoms with E-state index in [0.717, 1.165) is 17.7 Å². The van der Waals surface area contributed by atoms with Crippen molar-refractivity contribution in [2.75, 3.05) is 25.6 Å². The van der Waals surface area contributed by atoms with Crippen molar-refractivity contribution in [3.8, 4) is 0 Å². The SMILES string of the molecule is CCc1ccc([C@H]2Nc3ccccc3C(=O)N2CCOC)cc1. The lowest BCUT2D eigenvalue weighted by Crippen LogP contribution is -2.44. The Kier molecular flexibility index (Phi) is 4.63.